The number of hydrogen-bond donors (Lipinski definition) is 1. The second-order valence-electron chi connectivity index (χ2n) is 4.25. The molecule has 2 N–H and O–H groups in total. The van der Waals surface area contributed by atoms with Crippen molar-refractivity contribution in [3.05, 3.63) is 47.3 Å². The van der Waals surface area contributed by atoms with E-state index < -0.39 is 0 Å². The van der Waals surface area contributed by atoms with E-state index >= 15 is 0 Å². The molecule has 2 rings (SSSR count). The average Bonchev–Trinajstić information content (AvgIpc) is 2.67. The number of nitrogens with two attached hydrogens (primary N) is 1. The molecule has 2 aromatic rings. The highest BCUT2D eigenvalue weighted by Crippen LogP contribution is 2.32. The summed E-state index contributed by atoms with van der Waals surface area (Å²) < 4.78 is 0. The van der Waals surface area contributed by atoms with Crippen molar-refractivity contribution >= 4 is 11.3 Å². The Kier molecular flexibility index (Phi) is 2.63. The smallest absolute Gasteiger partial charge is 0.0446 e. The molecule has 0 aliphatic carbocycles. The van der Waals surface area contributed by atoms with Crippen molar-refractivity contribution in [3.8, 4) is 10.4 Å². The minimum atomic E-state index is -0.238. The fourth-order valence-corrected chi connectivity index (χ4v) is 2.47. The highest BCUT2D eigenvalue weighted by molar-refractivity contribution is 7.15. The summed E-state index contributed by atoms with van der Waals surface area (Å²) in [7, 11) is 0. The van der Waals surface area contributed by atoms with Gasteiger partial charge < -0.3 is 5.73 Å². The topological polar surface area (TPSA) is 26.0 Å². The lowest BCUT2D eigenvalue weighted by Gasteiger charge is -2.15. The van der Waals surface area contributed by atoms with Gasteiger partial charge in [0, 0.05) is 15.3 Å². The molecule has 1 aromatic carbocycles. The molecule has 0 spiro atoms. The molecule has 0 saturated carbocycles. The van der Waals surface area contributed by atoms with E-state index in [2.05, 4.69) is 36.4 Å². The van der Waals surface area contributed by atoms with E-state index in [9.17, 15) is 0 Å². The van der Waals surface area contributed by atoms with Crippen molar-refractivity contribution in [2.75, 3.05) is 0 Å². The summed E-state index contributed by atoms with van der Waals surface area (Å²) in [5.74, 6) is 0. The Hall–Kier alpha value is -1.12. The Balaban J connectivity index is 2.37. The first-order valence-electron chi connectivity index (χ1n) is 5.02. The van der Waals surface area contributed by atoms with Crippen LogP contribution in [0.1, 0.15) is 18.7 Å². The summed E-state index contributed by atoms with van der Waals surface area (Å²) in [6.45, 7) is 4.07. The molecule has 0 aliphatic rings. The van der Waals surface area contributed by atoms with Crippen LogP contribution in [0.2, 0.25) is 0 Å². The summed E-state index contributed by atoms with van der Waals surface area (Å²) in [6, 6.07) is 14.7. The van der Waals surface area contributed by atoms with Crippen molar-refractivity contribution in [3.63, 3.8) is 0 Å². The summed E-state index contributed by atoms with van der Waals surface area (Å²) in [6.07, 6.45) is 0. The molecule has 15 heavy (non-hydrogen) atoms. The van der Waals surface area contributed by atoms with Crippen LogP contribution in [0, 0.1) is 0 Å². The number of benzene rings is 1. The molecule has 0 aliphatic heterocycles. The molecule has 2 heteroatoms. The van der Waals surface area contributed by atoms with Gasteiger partial charge in [-0.2, -0.15) is 0 Å². The lowest BCUT2D eigenvalue weighted by Crippen LogP contribution is -2.27. The zero-order valence-electron chi connectivity index (χ0n) is 9.03. The zero-order valence-corrected chi connectivity index (χ0v) is 9.84. The second-order valence-corrected chi connectivity index (χ2v) is 5.34. The summed E-state index contributed by atoms with van der Waals surface area (Å²) in [4.78, 5) is 2.51. The van der Waals surface area contributed by atoms with E-state index in [1.165, 1.54) is 15.3 Å². The lowest BCUT2D eigenvalue weighted by molar-refractivity contribution is 0.567. The molecule has 0 radical (unpaired) electrons. The van der Waals surface area contributed by atoms with Gasteiger partial charge in [0.25, 0.3) is 0 Å². The van der Waals surface area contributed by atoms with Gasteiger partial charge in [0.15, 0.2) is 0 Å². The highest BCUT2D eigenvalue weighted by atomic mass is 32.1. The lowest BCUT2D eigenvalue weighted by atomic mass is 10.1. The van der Waals surface area contributed by atoms with Gasteiger partial charge in [0.1, 0.15) is 0 Å². The SMILES string of the molecule is CC(C)(N)c1ccc(-c2ccccc2)s1. The van der Waals surface area contributed by atoms with E-state index in [1.807, 2.05) is 19.9 Å². The largest absolute Gasteiger partial charge is 0.321 e. The Morgan fingerprint density at radius 2 is 1.67 bits per heavy atom. The van der Waals surface area contributed by atoms with Gasteiger partial charge in [-0.15, -0.1) is 11.3 Å². The molecule has 0 atom stereocenters. The van der Waals surface area contributed by atoms with Crippen LogP contribution in [0.25, 0.3) is 10.4 Å². The maximum absolute atomic E-state index is 6.06. The quantitative estimate of drug-likeness (QED) is 0.817. The van der Waals surface area contributed by atoms with E-state index in [0.29, 0.717) is 0 Å². The molecule has 0 fully saturated rings. The number of thiophene rings is 1. The Labute approximate surface area is 94.6 Å². The van der Waals surface area contributed by atoms with Gasteiger partial charge in [0.2, 0.25) is 0 Å². The van der Waals surface area contributed by atoms with E-state index in [-0.39, 0.29) is 5.54 Å². The van der Waals surface area contributed by atoms with Crippen LogP contribution in [-0.4, -0.2) is 0 Å². The molecular weight excluding hydrogens is 202 g/mol. The maximum atomic E-state index is 6.06. The van der Waals surface area contributed by atoms with Crippen LogP contribution in [0.15, 0.2) is 42.5 Å². The highest BCUT2D eigenvalue weighted by Gasteiger charge is 2.16. The molecule has 78 valence electrons. The van der Waals surface area contributed by atoms with Gasteiger partial charge >= 0.3 is 0 Å². The van der Waals surface area contributed by atoms with Crippen LogP contribution in [0.4, 0.5) is 0 Å². The van der Waals surface area contributed by atoms with Crippen LogP contribution < -0.4 is 5.73 Å². The van der Waals surface area contributed by atoms with Gasteiger partial charge in [-0.05, 0) is 31.5 Å². The predicted octanol–water partition coefficient (Wildman–Crippen LogP) is 3.61. The predicted molar refractivity (Wildman–Crippen MR) is 67.0 cm³/mol. The van der Waals surface area contributed by atoms with Crippen molar-refractivity contribution in [1.82, 2.24) is 0 Å². The van der Waals surface area contributed by atoms with Crippen LogP contribution in [0.3, 0.4) is 0 Å². The molecule has 0 unspecified atom stereocenters. The van der Waals surface area contributed by atoms with Crippen LogP contribution >= 0.6 is 11.3 Å². The normalized spacial score (nSPS) is 11.7. The van der Waals surface area contributed by atoms with Crippen molar-refractivity contribution in [2.24, 2.45) is 5.73 Å². The third-order valence-corrected chi connectivity index (χ3v) is 3.77. The monoisotopic (exact) mass is 217 g/mol. The standard InChI is InChI=1S/C13H15NS/c1-13(2,14)12-9-8-11(15-12)10-6-4-3-5-7-10/h3-9H,14H2,1-2H3. The zero-order chi connectivity index (χ0) is 10.9. The number of hydrogen-bond acceptors (Lipinski definition) is 2. The first-order valence-corrected chi connectivity index (χ1v) is 5.83. The fourth-order valence-electron chi connectivity index (χ4n) is 1.44. The Bertz CT molecular complexity index is 437. The fraction of sp³-hybridized carbons (Fsp3) is 0.231. The minimum Gasteiger partial charge on any atom is -0.321 e. The summed E-state index contributed by atoms with van der Waals surface area (Å²) in [5.41, 5.74) is 7.08. The molecule has 0 amide bonds. The molecule has 1 nitrogen and oxygen atoms in total. The molecule has 1 heterocycles. The summed E-state index contributed by atoms with van der Waals surface area (Å²) >= 11 is 1.77. The van der Waals surface area contributed by atoms with E-state index in [4.69, 9.17) is 5.73 Å². The van der Waals surface area contributed by atoms with Crippen molar-refractivity contribution in [2.45, 2.75) is 19.4 Å². The van der Waals surface area contributed by atoms with Crippen molar-refractivity contribution < 1.29 is 0 Å². The third-order valence-electron chi connectivity index (χ3n) is 2.30. The van der Waals surface area contributed by atoms with Gasteiger partial charge in [-0.3, -0.25) is 0 Å². The van der Waals surface area contributed by atoms with Crippen LogP contribution in [0.5, 0.6) is 0 Å². The maximum Gasteiger partial charge on any atom is 0.0446 e. The third kappa shape index (κ3) is 2.28. The van der Waals surface area contributed by atoms with Gasteiger partial charge in [0.05, 0.1) is 0 Å². The molecular formula is C13H15NS. The first-order chi connectivity index (χ1) is 7.07. The van der Waals surface area contributed by atoms with E-state index in [1.54, 1.807) is 11.3 Å². The molecule has 0 bridgehead atoms. The van der Waals surface area contributed by atoms with Gasteiger partial charge in [-0.1, -0.05) is 30.3 Å². The summed E-state index contributed by atoms with van der Waals surface area (Å²) in [5, 5.41) is 0. The average molecular weight is 217 g/mol. The minimum absolute atomic E-state index is 0.238. The number of rotatable bonds is 2. The van der Waals surface area contributed by atoms with Crippen LogP contribution in [-0.2, 0) is 5.54 Å². The second kappa shape index (κ2) is 3.80. The van der Waals surface area contributed by atoms with E-state index in [0.717, 1.165) is 0 Å². The van der Waals surface area contributed by atoms with Gasteiger partial charge in [-0.25, -0.2) is 0 Å². The molecule has 1 aromatic heterocycles. The first kappa shape index (κ1) is 10.4. The van der Waals surface area contributed by atoms with Crippen molar-refractivity contribution in [1.29, 1.82) is 0 Å². The Morgan fingerprint density at radius 3 is 2.20 bits per heavy atom. The Morgan fingerprint density at radius 1 is 1.00 bits per heavy atom. The molecule has 0 saturated heterocycles.